The molecule has 0 amide bonds. The van der Waals surface area contributed by atoms with Crippen LogP contribution in [0, 0.1) is 5.92 Å². The number of thiazole rings is 1. The first-order valence-electron chi connectivity index (χ1n) is 17.6. The van der Waals surface area contributed by atoms with Gasteiger partial charge in [0.2, 0.25) is 0 Å². The van der Waals surface area contributed by atoms with Gasteiger partial charge in [-0.1, -0.05) is 140 Å². The van der Waals surface area contributed by atoms with Crippen LogP contribution in [0.2, 0.25) is 0 Å². The van der Waals surface area contributed by atoms with Crippen molar-refractivity contribution in [3.05, 3.63) is 160 Å². The van der Waals surface area contributed by atoms with Crippen LogP contribution < -0.4 is 16.3 Å². The van der Waals surface area contributed by atoms with Crippen LogP contribution in [0.15, 0.2) is 148 Å². The zero-order valence-electron chi connectivity index (χ0n) is 29.0. The minimum atomic E-state index is -0.389. The number of rotatable bonds is 8. The molecule has 51 heavy (non-hydrogen) atoms. The van der Waals surface area contributed by atoms with Gasteiger partial charge in [-0.3, -0.25) is 0 Å². The van der Waals surface area contributed by atoms with E-state index in [4.69, 9.17) is 9.40 Å². The predicted molar refractivity (Wildman–Crippen MR) is 214 cm³/mol. The molecule has 7 aromatic rings. The SMILES string of the molecule is CCN(CC)C1=CC(C)C=c2cc(-c3nc4c(-c5ccccc5)c(-c5ccccc5)c(-c5ccccc5)c(-c5ccccc5)c4s3)c(=O)oc2=C1. The zero-order chi connectivity index (χ0) is 34.9. The molecule has 0 fully saturated rings. The fourth-order valence-corrected chi connectivity index (χ4v) is 8.42. The molecule has 1 aliphatic rings. The molecule has 0 saturated carbocycles. The van der Waals surface area contributed by atoms with Gasteiger partial charge >= 0.3 is 5.63 Å². The van der Waals surface area contributed by atoms with Gasteiger partial charge in [0.05, 0.1) is 15.8 Å². The number of hydrogen-bond acceptors (Lipinski definition) is 5. The van der Waals surface area contributed by atoms with Gasteiger partial charge < -0.3 is 9.32 Å². The lowest BCUT2D eigenvalue weighted by molar-refractivity contribution is 0.395. The Balaban J connectivity index is 1.50. The van der Waals surface area contributed by atoms with E-state index in [2.05, 4.69) is 147 Å². The van der Waals surface area contributed by atoms with E-state index in [1.807, 2.05) is 24.3 Å². The summed E-state index contributed by atoms with van der Waals surface area (Å²) in [6, 6.07) is 44.2. The van der Waals surface area contributed by atoms with E-state index < -0.39 is 0 Å². The molecule has 250 valence electrons. The van der Waals surface area contributed by atoms with Gasteiger partial charge in [0.15, 0.2) is 0 Å². The molecule has 1 atom stereocenters. The molecule has 4 nitrogen and oxygen atoms in total. The smallest absolute Gasteiger partial charge is 0.346 e. The third-order valence-electron chi connectivity index (χ3n) is 9.61. The maximum Gasteiger partial charge on any atom is 0.346 e. The highest BCUT2D eigenvalue weighted by molar-refractivity contribution is 7.22. The average molecular weight is 683 g/mol. The number of allylic oxidation sites excluding steroid dienone is 2. The van der Waals surface area contributed by atoms with E-state index in [1.54, 1.807) is 11.3 Å². The Morgan fingerprint density at radius 3 is 1.69 bits per heavy atom. The Kier molecular flexibility index (Phi) is 8.81. The van der Waals surface area contributed by atoms with E-state index in [-0.39, 0.29) is 11.5 Å². The minimum Gasteiger partial charge on any atom is -0.422 e. The highest BCUT2D eigenvalue weighted by Crippen LogP contribution is 2.52. The largest absolute Gasteiger partial charge is 0.422 e. The fourth-order valence-electron chi connectivity index (χ4n) is 7.27. The number of benzene rings is 5. The Morgan fingerprint density at radius 1 is 0.667 bits per heavy atom. The predicted octanol–water partition coefficient (Wildman–Crippen LogP) is 10.0. The molecular formula is C46H38N2O2S. The topological polar surface area (TPSA) is 46.3 Å². The van der Waals surface area contributed by atoms with Gasteiger partial charge in [0.25, 0.3) is 0 Å². The minimum absolute atomic E-state index is 0.158. The van der Waals surface area contributed by atoms with Crippen LogP contribution in [-0.4, -0.2) is 23.0 Å². The number of aromatic nitrogens is 1. The Morgan fingerprint density at radius 2 is 1.16 bits per heavy atom. The number of nitrogens with zero attached hydrogens (tertiary/aromatic N) is 2. The van der Waals surface area contributed by atoms with E-state index in [0.29, 0.717) is 16.0 Å². The molecule has 0 bridgehead atoms. The van der Waals surface area contributed by atoms with Crippen molar-refractivity contribution in [1.29, 1.82) is 0 Å². The van der Waals surface area contributed by atoms with Gasteiger partial charge in [0, 0.05) is 46.8 Å². The van der Waals surface area contributed by atoms with Crippen molar-refractivity contribution in [1.82, 2.24) is 9.88 Å². The van der Waals surface area contributed by atoms with Crippen molar-refractivity contribution in [2.24, 2.45) is 5.92 Å². The van der Waals surface area contributed by atoms with E-state index in [1.165, 1.54) is 0 Å². The quantitative estimate of drug-likeness (QED) is 0.160. The molecule has 5 heteroatoms. The monoisotopic (exact) mass is 682 g/mol. The molecular weight excluding hydrogens is 645 g/mol. The van der Waals surface area contributed by atoms with Gasteiger partial charge in [-0.05, 0) is 53.6 Å². The second-order valence-electron chi connectivity index (χ2n) is 12.9. The number of hydrogen-bond donors (Lipinski definition) is 0. The molecule has 0 saturated heterocycles. The third kappa shape index (κ3) is 6.04. The van der Waals surface area contributed by atoms with Crippen LogP contribution in [0.3, 0.4) is 0 Å². The molecule has 2 aromatic heterocycles. The maximum absolute atomic E-state index is 14.0. The van der Waals surface area contributed by atoms with Crippen molar-refractivity contribution in [3.63, 3.8) is 0 Å². The van der Waals surface area contributed by atoms with Crippen LogP contribution >= 0.6 is 11.3 Å². The standard InChI is InChI=1S/C46H38N2O2S/c1-4-48(5-2)36-27-30(3)26-35-28-37(46(49)50-38(35)29-36)45-47-43-41(33-22-14-8-15-23-33)39(31-18-10-6-11-19-31)40(32-20-12-7-13-21-32)42(44(43)51-45)34-24-16-9-17-25-34/h6-30H,4-5H2,1-3H3. The summed E-state index contributed by atoms with van der Waals surface area (Å²) in [6.45, 7) is 8.20. The van der Waals surface area contributed by atoms with E-state index in [9.17, 15) is 4.79 Å². The summed E-state index contributed by atoms with van der Waals surface area (Å²) in [6.07, 6.45) is 6.41. The first-order chi connectivity index (χ1) is 25.0. The van der Waals surface area contributed by atoms with Crippen LogP contribution in [0.5, 0.6) is 0 Å². The Labute approximate surface area is 302 Å². The molecule has 2 heterocycles. The van der Waals surface area contributed by atoms with Gasteiger partial charge in [-0.15, -0.1) is 11.3 Å². The molecule has 0 aliphatic heterocycles. The summed E-state index contributed by atoms with van der Waals surface area (Å²) in [4.78, 5) is 21.7. The molecule has 8 rings (SSSR count). The van der Waals surface area contributed by atoms with Crippen LogP contribution in [-0.2, 0) is 0 Å². The lowest BCUT2D eigenvalue weighted by atomic mass is 9.82. The average Bonchev–Trinajstić information content (AvgIpc) is 3.54. The van der Waals surface area contributed by atoms with Gasteiger partial charge in [-0.2, -0.15) is 0 Å². The third-order valence-corrected chi connectivity index (χ3v) is 10.7. The molecule has 0 N–H and O–H groups in total. The van der Waals surface area contributed by atoms with Gasteiger partial charge in [-0.25, -0.2) is 9.78 Å². The van der Waals surface area contributed by atoms with Gasteiger partial charge in [0.1, 0.15) is 10.4 Å². The van der Waals surface area contributed by atoms with Crippen LogP contribution in [0.25, 0.3) is 77.4 Å². The van der Waals surface area contributed by atoms with Crippen molar-refractivity contribution < 1.29 is 4.42 Å². The normalized spacial score (nSPS) is 13.9. The summed E-state index contributed by atoms with van der Waals surface area (Å²) in [5.74, 6) is 0.158. The summed E-state index contributed by atoms with van der Waals surface area (Å²) < 4.78 is 7.18. The lowest BCUT2D eigenvalue weighted by Gasteiger charge is -2.22. The lowest BCUT2D eigenvalue weighted by Crippen LogP contribution is -2.31. The molecule has 0 radical (unpaired) electrons. The Hall–Kier alpha value is -5.78. The Bertz CT molecular complexity index is 2450. The first kappa shape index (κ1) is 32.4. The van der Waals surface area contributed by atoms with E-state index >= 15 is 0 Å². The highest BCUT2D eigenvalue weighted by Gasteiger charge is 2.27. The molecule has 0 spiro atoms. The highest BCUT2D eigenvalue weighted by atomic mass is 32.1. The summed E-state index contributed by atoms with van der Waals surface area (Å²) in [5.41, 5.74) is 11.4. The van der Waals surface area contributed by atoms with Crippen molar-refractivity contribution in [3.8, 4) is 55.1 Å². The first-order valence-corrected chi connectivity index (χ1v) is 18.4. The van der Waals surface area contributed by atoms with Crippen molar-refractivity contribution >= 4 is 33.7 Å². The molecule has 1 unspecified atom stereocenters. The molecule has 5 aromatic carbocycles. The summed E-state index contributed by atoms with van der Waals surface area (Å²) >= 11 is 1.56. The van der Waals surface area contributed by atoms with E-state index in [0.717, 1.165) is 78.7 Å². The summed E-state index contributed by atoms with van der Waals surface area (Å²) in [5, 5.41) is 1.54. The molecule has 1 aliphatic carbocycles. The second kappa shape index (κ2) is 13.9. The summed E-state index contributed by atoms with van der Waals surface area (Å²) in [7, 11) is 0. The van der Waals surface area contributed by atoms with Crippen LogP contribution in [0.1, 0.15) is 20.8 Å². The maximum atomic E-state index is 14.0. The van der Waals surface area contributed by atoms with Crippen molar-refractivity contribution in [2.75, 3.05) is 13.1 Å². The van der Waals surface area contributed by atoms with Crippen LogP contribution in [0.4, 0.5) is 0 Å². The second-order valence-corrected chi connectivity index (χ2v) is 13.9. The fraction of sp³-hybridized carbons (Fsp3) is 0.130. The zero-order valence-corrected chi connectivity index (χ0v) is 29.8. The van der Waals surface area contributed by atoms with Crippen molar-refractivity contribution in [2.45, 2.75) is 20.8 Å². The number of fused-ring (bicyclic) bond motifs is 2.